The van der Waals surface area contributed by atoms with Gasteiger partial charge in [0.05, 0.1) is 6.61 Å². The minimum atomic E-state index is 0.804. The third-order valence-corrected chi connectivity index (χ3v) is 6.22. The van der Waals surface area contributed by atoms with Crippen LogP contribution in [-0.2, 0) is 4.74 Å². The number of allylic oxidation sites excluding steroid dienone is 1. The summed E-state index contributed by atoms with van der Waals surface area (Å²) in [4.78, 5) is 0. The van der Waals surface area contributed by atoms with E-state index >= 15 is 0 Å². The van der Waals surface area contributed by atoms with E-state index in [0.717, 1.165) is 36.9 Å². The van der Waals surface area contributed by atoms with Gasteiger partial charge in [-0.25, -0.2) is 0 Å². The molecule has 0 bridgehead atoms. The molecule has 2 aliphatic carbocycles. The number of hydrogen-bond acceptors (Lipinski definition) is 1. The summed E-state index contributed by atoms with van der Waals surface area (Å²) in [6, 6.07) is 0. The fraction of sp³-hybridized carbons (Fsp3) is 0.905. The molecule has 22 heavy (non-hydrogen) atoms. The minimum Gasteiger partial charge on any atom is -0.377 e. The number of hydrogen-bond donors (Lipinski definition) is 0. The smallest absolute Gasteiger partial charge is 0.0647 e. The highest BCUT2D eigenvalue weighted by atomic mass is 16.5. The van der Waals surface area contributed by atoms with E-state index in [4.69, 9.17) is 4.74 Å². The van der Waals surface area contributed by atoms with E-state index in [9.17, 15) is 0 Å². The first-order valence-corrected chi connectivity index (χ1v) is 10.0. The second kappa shape index (κ2) is 10.5. The topological polar surface area (TPSA) is 9.23 Å². The summed E-state index contributed by atoms with van der Waals surface area (Å²) in [6.07, 6.45) is 20.4. The Hall–Kier alpha value is -0.300. The molecule has 2 fully saturated rings. The first-order valence-electron chi connectivity index (χ1n) is 10.0. The summed E-state index contributed by atoms with van der Waals surface area (Å²) in [5, 5.41) is 0. The predicted molar refractivity (Wildman–Crippen MR) is 96.1 cm³/mol. The molecule has 0 aromatic carbocycles. The highest BCUT2D eigenvalue weighted by Crippen LogP contribution is 2.42. The van der Waals surface area contributed by atoms with Crippen LogP contribution in [0.5, 0.6) is 0 Å². The lowest BCUT2D eigenvalue weighted by Crippen LogP contribution is -2.27. The molecule has 1 nitrogen and oxygen atoms in total. The summed E-state index contributed by atoms with van der Waals surface area (Å²) < 4.78 is 5.76. The van der Waals surface area contributed by atoms with Gasteiger partial charge in [0.25, 0.3) is 0 Å². The minimum absolute atomic E-state index is 0.804. The first-order chi connectivity index (χ1) is 10.8. The lowest BCUT2D eigenvalue weighted by molar-refractivity contribution is 0.0779. The van der Waals surface area contributed by atoms with Gasteiger partial charge >= 0.3 is 0 Å². The second-order valence-corrected chi connectivity index (χ2v) is 7.81. The summed E-state index contributed by atoms with van der Waals surface area (Å²) >= 11 is 0. The Balaban J connectivity index is 1.59. The number of ether oxygens (including phenoxy) is 1. The zero-order valence-corrected chi connectivity index (χ0v) is 15.1. The van der Waals surface area contributed by atoms with Gasteiger partial charge in [0.1, 0.15) is 0 Å². The summed E-state index contributed by atoms with van der Waals surface area (Å²) in [6.45, 7) is 6.18. The quantitative estimate of drug-likeness (QED) is 0.373. The Morgan fingerprint density at radius 1 is 0.864 bits per heavy atom. The number of unbranched alkanes of at least 4 members (excludes halogenated alkanes) is 1. The standard InChI is InChI=1S/C21H38O/c1-3-5-7-18-8-12-20(13-9-18)21-14-10-19(11-15-21)17-22-16-6-4-2/h4,6,18-21H,3,5,7-17H2,1-2H3/b6-4-/t18-,19?,20-,21?. The van der Waals surface area contributed by atoms with Crippen LogP contribution in [0.3, 0.4) is 0 Å². The van der Waals surface area contributed by atoms with Crippen LogP contribution in [0.25, 0.3) is 0 Å². The molecular formula is C21H38O. The van der Waals surface area contributed by atoms with Crippen molar-refractivity contribution in [3.63, 3.8) is 0 Å². The third kappa shape index (κ3) is 6.07. The van der Waals surface area contributed by atoms with Gasteiger partial charge in [0, 0.05) is 6.61 Å². The van der Waals surface area contributed by atoms with Crippen LogP contribution < -0.4 is 0 Å². The lowest BCUT2D eigenvalue weighted by Gasteiger charge is -2.37. The summed E-state index contributed by atoms with van der Waals surface area (Å²) in [5.74, 6) is 4.00. The van der Waals surface area contributed by atoms with Gasteiger partial charge in [-0.3, -0.25) is 0 Å². The van der Waals surface area contributed by atoms with Crippen molar-refractivity contribution in [3.8, 4) is 0 Å². The van der Waals surface area contributed by atoms with E-state index in [-0.39, 0.29) is 0 Å². The highest BCUT2D eigenvalue weighted by molar-refractivity contribution is 4.82. The van der Waals surface area contributed by atoms with Crippen molar-refractivity contribution in [2.24, 2.45) is 23.7 Å². The molecule has 0 spiro atoms. The van der Waals surface area contributed by atoms with E-state index in [1.807, 2.05) is 0 Å². The molecule has 0 aromatic rings. The van der Waals surface area contributed by atoms with Crippen LogP contribution in [0.15, 0.2) is 12.2 Å². The third-order valence-electron chi connectivity index (χ3n) is 6.22. The second-order valence-electron chi connectivity index (χ2n) is 7.81. The Labute approximate surface area is 138 Å². The van der Waals surface area contributed by atoms with Crippen molar-refractivity contribution in [1.29, 1.82) is 0 Å². The van der Waals surface area contributed by atoms with Crippen LogP contribution in [0, 0.1) is 23.7 Å². The van der Waals surface area contributed by atoms with Crippen LogP contribution in [0.4, 0.5) is 0 Å². The predicted octanol–water partition coefficient (Wildman–Crippen LogP) is 6.38. The zero-order valence-electron chi connectivity index (χ0n) is 15.1. The zero-order chi connectivity index (χ0) is 15.6. The Morgan fingerprint density at radius 2 is 1.45 bits per heavy atom. The van der Waals surface area contributed by atoms with Gasteiger partial charge < -0.3 is 4.74 Å². The van der Waals surface area contributed by atoms with E-state index in [2.05, 4.69) is 26.0 Å². The molecule has 0 aromatic heterocycles. The van der Waals surface area contributed by atoms with E-state index in [1.54, 1.807) is 0 Å². The Kier molecular flexibility index (Phi) is 8.59. The fourth-order valence-corrected chi connectivity index (χ4v) is 4.67. The van der Waals surface area contributed by atoms with Gasteiger partial charge in [0.15, 0.2) is 0 Å². The van der Waals surface area contributed by atoms with Crippen molar-refractivity contribution in [2.45, 2.75) is 84.5 Å². The van der Waals surface area contributed by atoms with Crippen LogP contribution in [0.1, 0.15) is 84.5 Å². The first kappa shape index (κ1) is 18.0. The molecule has 0 saturated heterocycles. The van der Waals surface area contributed by atoms with Gasteiger partial charge in [0.2, 0.25) is 0 Å². The van der Waals surface area contributed by atoms with Crippen molar-refractivity contribution < 1.29 is 4.74 Å². The molecule has 0 amide bonds. The SMILES string of the molecule is C/C=C\COCC1CCC([C@H]2CC[C@H](CCCC)CC2)CC1. The summed E-state index contributed by atoms with van der Waals surface area (Å²) in [5.41, 5.74) is 0. The Morgan fingerprint density at radius 3 is 2.00 bits per heavy atom. The molecule has 0 unspecified atom stereocenters. The molecule has 128 valence electrons. The molecule has 0 atom stereocenters. The van der Waals surface area contributed by atoms with Crippen LogP contribution in [0.2, 0.25) is 0 Å². The highest BCUT2D eigenvalue weighted by Gasteiger charge is 2.30. The molecule has 0 heterocycles. The molecule has 2 saturated carbocycles. The Bertz CT molecular complexity index is 293. The van der Waals surface area contributed by atoms with Crippen molar-refractivity contribution in [3.05, 3.63) is 12.2 Å². The lowest BCUT2D eigenvalue weighted by atomic mass is 9.69. The van der Waals surface area contributed by atoms with E-state index in [0.29, 0.717) is 0 Å². The van der Waals surface area contributed by atoms with Crippen LogP contribution >= 0.6 is 0 Å². The molecule has 2 rings (SSSR count). The maximum atomic E-state index is 5.76. The van der Waals surface area contributed by atoms with Crippen molar-refractivity contribution in [2.75, 3.05) is 13.2 Å². The van der Waals surface area contributed by atoms with Crippen molar-refractivity contribution in [1.82, 2.24) is 0 Å². The molecule has 0 aliphatic heterocycles. The normalized spacial score (nSPS) is 33.4. The van der Waals surface area contributed by atoms with E-state index < -0.39 is 0 Å². The van der Waals surface area contributed by atoms with Gasteiger partial charge in [-0.2, -0.15) is 0 Å². The van der Waals surface area contributed by atoms with E-state index in [1.165, 1.54) is 70.6 Å². The summed E-state index contributed by atoms with van der Waals surface area (Å²) in [7, 11) is 0. The van der Waals surface area contributed by atoms with Gasteiger partial charge in [-0.05, 0) is 69.1 Å². The average molecular weight is 307 g/mol. The van der Waals surface area contributed by atoms with Gasteiger partial charge in [-0.1, -0.05) is 51.2 Å². The molecule has 1 heteroatoms. The molecule has 0 radical (unpaired) electrons. The molecule has 0 N–H and O–H groups in total. The average Bonchev–Trinajstić information content (AvgIpc) is 2.58. The molecular weight excluding hydrogens is 268 g/mol. The fourth-order valence-electron chi connectivity index (χ4n) is 4.67. The maximum Gasteiger partial charge on any atom is 0.0647 e. The molecule has 2 aliphatic rings. The number of rotatable bonds is 8. The van der Waals surface area contributed by atoms with Crippen molar-refractivity contribution >= 4 is 0 Å². The largest absolute Gasteiger partial charge is 0.377 e. The van der Waals surface area contributed by atoms with Gasteiger partial charge in [-0.15, -0.1) is 0 Å². The van der Waals surface area contributed by atoms with Crippen LogP contribution in [-0.4, -0.2) is 13.2 Å². The monoisotopic (exact) mass is 306 g/mol. The maximum absolute atomic E-state index is 5.76.